The van der Waals surface area contributed by atoms with E-state index in [2.05, 4.69) is 20.2 Å². The van der Waals surface area contributed by atoms with Crippen molar-refractivity contribution >= 4 is 34.1 Å². The molecule has 10 nitrogen and oxygen atoms in total. The van der Waals surface area contributed by atoms with Gasteiger partial charge in [0.05, 0.1) is 32.5 Å². The summed E-state index contributed by atoms with van der Waals surface area (Å²) in [6, 6.07) is 16.7. The first-order valence-electron chi connectivity index (χ1n) is 14.9. The number of aromatic nitrogens is 3. The Bertz CT molecular complexity index is 1900. The van der Waals surface area contributed by atoms with Gasteiger partial charge in [0.25, 0.3) is 5.56 Å². The first-order valence-corrected chi connectivity index (χ1v) is 15.2. The maximum atomic E-state index is 15.4. The number of nitrogens with one attached hydrogen (secondary N) is 1. The van der Waals surface area contributed by atoms with Crippen LogP contribution in [0.1, 0.15) is 6.42 Å². The van der Waals surface area contributed by atoms with Gasteiger partial charge in [-0.25, -0.2) is 9.37 Å². The lowest BCUT2D eigenvalue weighted by atomic mass is 10.1. The molecule has 1 fully saturated rings. The molecule has 0 bridgehead atoms. The lowest BCUT2D eigenvalue weighted by molar-refractivity contribution is 0.0357. The minimum atomic E-state index is -0.639. The van der Waals surface area contributed by atoms with Crippen molar-refractivity contribution in [2.75, 3.05) is 51.9 Å². The number of halogens is 2. The first kappa shape index (κ1) is 31.3. The Labute approximate surface area is 270 Å². The summed E-state index contributed by atoms with van der Waals surface area (Å²) in [6.45, 7) is 4.84. The van der Waals surface area contributed by atoms with Gasteiger partial charge in [0.2, 0.25) is 5.95 Å². The third kappa shape index (κ3) is 6.91. The van der Waals surface area contributed by atoms with E-state index in [1.807, 2.05) is 6.07 Å². The highest BCUT2D eigenvalue weighted by atomic mass is 35.5. The minimum absolute atomic E-state index is 0.00976. The molecule has 238 valence electrons. The summed E-state index contributed by atoms with van der Waals surface area (Å²) in [4.78, 5) is 24.4. The predicted molar refractivity (Wildman–Crippen MR) is 175 cm³/mol. The summed E-state index contributed by atoms with van der Waals surface area (Å²) >= 11 is 5.96. The summed E-state index contributed by atoms with van der Waals surface area (Å²) in [7, 11) is 3.15. The van der Waals surface area contributed by atoms with Gasteiger partial charge in [0.1, 0.15) is 11.3 Å². The van der Waals surface area contributed by atoms with E-state index < -0.39 is 5.82 Å². The van der Waals surface area contributed by atoms with Crippen molar-refractivity contribution in [1.82, 2.24) is 19.4 Å². The minimum Gasteiger partial charge on any atom is -0.491 e. The Kier molecular flexibility index (Phi) is 9.62. The van der Waals surface area contributed by atoms with Crippen LogP contribution in [0.15, 0.2) is 77.9 Å². The Morgan fingerprint density at radius 3 is 2.54 bits per heavy atom. The molecule has 12 heteroatoms. The highest BCUT2D eigenvalue weighted by molar-refractivity contribution is 6.30. The van der Waals surface area contributed by atoms with Gasteiger partial charge in [-0.1, -0.05) is 17.7 Å². The molecule has 0 spiro atoms. The van der Waals surface area contributed by atoms with Crippen LogP contribution in [0.4, 0.5) is 16.0 Å². The van der Waals surface area contributed by atoms with Crippen molar-refractivity contribution in [3.8, 4) is 34.1 Å². The largest absolute Gasteiger partial charge is 0.491 e. The lowest BCUT2D eigenvalue weighted by Gasteiger charge is -2.26. The van der Waals surface area contributed by atoms with E-state index in [0.717, 1.165) is 45.0 Å². The number of fused-ring (bicyclic) bond motifs is 1. The van der Waals surface area contributed by atoms with E-state index >= 15 is 4.39 Å². The maximum Gasteiger partial charge on any atom is 0.262 e. The molecule has 46 heavy (non-hydrogen) atoms. The SMILES string of the molecule is COc1c(OCCCN2CCOCC2)ccc2c(Oc3ccc(-c4cnc(Nc5ccc(Cl)cc5)n(C)c4=O)cc3F)ccnc12. The number of anilines is 2. The number of benzene rings is 3. The molecule has 0 radical (unpaired) electrons. The Balaban J connectivity index is 1.18. The van der Waals surface area contributed by atoms with Crippen molar-refractivity contribution in [3.63, 3.8) is 0 Å². The number of rotatable bonds is 11. The van der Waals surface area contributed by atoms with Crippen molar-refractivity contribution in [2.24, 2.45) is 7.05 Å². The first-order chi connectivity index (χ1) is 22.4. The molecule has 1 aliphatic rings. The number of hydrogen-bond acceptors (Lipinski definition) is 9. The van der Waals surface area contributed by atoms with Gasteiger partial charge < -0.3 is 24.3 Å². The average Bonchev–Trinajstić information content (AvgIpc) is 3.07. The lowest BCUT2D eigenvalue weighted by Crippen LogP contribution is -2.37. The molecule has 0 aliphatic carbocycles. The van der Waals surface area contributed by atoms with Crippen LogP contribution in [0.5, 0.6) is 23.0 Å². The highest BCUT2D eigenvalue weighted by Gasteiger charge is 2.18. The third-order valence-corrected chi connectivity index (χ3v) is 7.96. The fraction of sp³-hybridized carbons (Fsp3) is 0.265. The van der Waals surface area contributed by atoms with Crippen LogP contribution in [-0.2, 0) is 11.8 Å². The highest BCUT2D eigenvalue weighted by Crippen LogP contribution is 2.39. The van der Waals surface area contributed by atoms with Crippen LogP contribution >= 0.6 is 11.6 Å². The second kappa shape index (κ2) is 14.2. The van der Waals surface area contributed by atoms with Gasteiger partial charge in [-0.3, -0.25) is 19.2 Å². The molecule has 5 aromatic rings. The molecular weight excluding hydrogens is 613 g/mol. The Hall–Kier alpha value is -4.71. The monoisotopic (exact) mass is 645 g/mol. The molecule has 1 aliphatic heterocycles. The van der Waals surface area contributed by atoms with E-state index in [-0.39, 0.29) is 16.9 Å². The molecule has 0 unspecified atom stereocenters. The van der Waals surface area contributed by atoms with Crippen molar-refractivity contribution < 1.29 is 23.3 Å². The summed E-state index contributed by atoms with van der Waals surface area (Å²) in [5.41, 5.74) is 1.52. The molecule has 1 N–H and O–H groups in total. The number of methoxy groups -OCH3 is 1. The van der Waals surface area contributed by atoms with Crippen LogP contribution in [0.3, 0.4) is 0 Å². The van der Waals surface area contributed by atoms with E-state index in [1.165, 1.54) is 22.9 Å². The maximum absolute atomic E-state index is 15.4. The van der Waals surface area contributed by atoms with Gasteiger partial charge in [-0.15, -0.1) is 0 Å². The van der Waals surface area contributed by atoms with Crippen molar-refractivity contribution in [2.45, 2.75) is 6.42 Å². The molecule has 0 atom stereocenters. The standard InChI is InChI=1S/C34H33ClFN5O5/c1-40-33(42)26(21-38-34(40)39-24-7-5-23(35)6-8-24)22-4-10-29(27(36)20-22)46-28-12-13-37-31-25(28)9-11-30(32(31)43-2)45-17-3-14-41-15-18-44-19-16-41/h4-13,20-21H,3,14-19H2,1-2H3,(H,38,39). The molecule has 0 saturated carbocycles. The normalized spacial score (nSPS) is 13.5. The smallest absolute Gasteiger partial charge is 0.262 e. The van der Waals surface area contributed by atoms with Gasteiger partial charge in [0.15, 0.2) is 23.1 Å². The number of hydrogen-bond donors (Lipinski definition) is 1. The molecule has 0 amide bonds. The van der Waals surface area contributed by atoms with Crippen LogP contribution < -0.4 is 25.1 Å². The van der Waals surface area contributed by atoms with E-state index in [4.69, 9.17) is 30.5 Å². The summed E-state index contributed by atoms with van der Waals surface area (Å²) in [6.07, 6.45) is 3.85. The van der Waals surface area contributed by atoms with E-state index in [1.54, 1.807) is 62.8 Å². The fourth-order valence-corrected chi connectivity index (χ4v) is 5.36. The third-order valence-electron chi connectivity index (χ3n) is 7.71. The van der Waals surface area contributed by atoms with Crippen LogP contribution in [-0.4, -0.2) is 66.0 Å². The average molecular weight is 646 g/mol. The number of ether oxygens (including phenoxy) is 4. The Morgan fingerprint density at radius 2 is 1.78 bits per heavy atom. The second-order valence-corrected chi connectivity index (χ2v) is 11.1. The van der Waals surface area contributed by atoms with Gasteiger partial charge in [-0.05, 0) is 66.6 Å². The van der Waals surface area contributed by atoms with Crippen LogP contribution in [0.25, 0.3) is 22.0 Å². The molecule has 3 aromatic carbocycles. The van der Waals surface area contributed by atoms with Gasteiger partial charge in [-0.2, -0.15) is 0 Å². The molecule has 3 heterocycles. The van der Waals surface area contributed by atoms with E-state index in [9.17, 15) is 4.79 Å². The zero-order chi connectivity index (χ0) is 32.0. The molecular formula is C34H33ClFN5O5. The quantitative estimate of drug-likeness (QED) is 0.163. The van der Waals surface area contributed by atoms with Crippen LogP contribution in [0.2, 0.25) is 5.02 Å². The topological polar surface area (TPSA) is 100.0 Å². The summed E-state index contributed by atoms with van der Waals surface area (Å²) in [5.74, 6) is 1.12. The number of pyridine rings is 1. The van der Waals surface area contributed by atoms with Gasteiger partial charge >= 0.3 is 0 Å². The van der Waals surface area contributed by atoms with E-state index in [0.29, 0.717) is 51.3 Å². The molecule has 2 aromatic heterocycles. The van der Waals surface area contributed by atoms with Crippen molar-refractivity contribution in [1.29, 1.82) is 0 Å². The number of morpholine rings is 1. The molecule has 6 rings (SSSR count). The zero-order valence-electron chi connectivity index (χ0n) is 25.5. The predicted octanol–water partition coefficient (Wildman–Crippen LogP) is 6.43. The Morgan fingerprint density at radius 1 is 1.00 bits per heavy atom. The van der Waals surface area contributed by atoms with Crippen LogP contribution in [0, 0.1) is 5.82 Å². The summed E-state index contributed by atoms with van der Waals surface area (Å²) in [5, 5.41) is 4.32. The number of nitrogens with zero attached hydrogens (tertiary/aromatic N) is 4. The summed E-state index contributed by atoms with van der Waals surface area (Å²) < 4.78 is 39.9. The second-order valence-electron chi connectivity index (χ2n) is 10.7. The van der Waals surface area contributed by atoms with Crippen molar-refractivity contribution in [3.05, 3.63) is 94.3 Å². The fourth-order valence-electron chi connectivity index (χ4n) is 5.23. The zero-order valence-corrected chi connectivity index (χ0v) is 26.2. The molecule has 1 saturated heterocycles. The van der Waals surface area contributed by atoms with Gasteiger partial charge in [0, 0.05) is 55.2 Å².